The molecule has 0 aliphatic carbocycles. The molecule has 0 radical (unpaired) electrons. The minimum Gasteiger partial charge on any atom is -0.399 e. The molecule has 0 atom stereocenters. The number of rotatable bonds is 1. The quantitative estimate of drug-likeness (QED) is 0.773. The highest BCUT2D eigenvalue weighted by Gasteiger charge is 2.22. The van der Waals surface area contributed by atoms with Gasteiger partial charge >= 0.3 is 0 Å². The number of anilines is 2. The zero-order valence-corrected chi connectivity index (χ0v) is 10.3. The molecule has 3 rings (SSSR count). The number of nitrogen functional groups attached to an aromatic ring is 1. The summed E-state index contributed by atoms with van der Waals surface area (Å²) in [5.74, 6) is 0.00367. The number of hydrogen-bond donors (Lipinski definition) is 2. The van der Waals surface area contributed by atoms with Gasteiger partial charge in [-0.2, -0.15) is 0 Å². The van der Waals surface area contributed by atoms with Crippen molar-refractivity contribution in [2.24, 2.45) is 0 Å². The van der Waals surface area contributed by atoms with Gasteiger partial charge in [0.2, 0.25) is 5.91 Å². The van der Waals surface area contributed by atoms with Gasteiger partial charge in [-0.1, -0.05) is 23.7 Å². The number of benzene rings is 2. The van der Waals surface area contributed by atoms with Gasteiger partial charge in [0.1, 0.15) is 0 Å². The Balaban J connectivity index is 2.18. The van der Waals surface area contributed by atoms with E-state index >= 15 is 0 Å². The summed E-state index contributed by atoms with van der Waals surface area (Å²) in [4.78, 5) is 11.5. The summed E-state index contributed by atoms with van der Waals surface area (Å²) >= 11 is 6.09. The number of carbonyl (C=O) groups is 1. The first kappa shape index (κ1) is 11.1. The molecule has 1 aliphatic rings. The second kappa shape index (κ2) is 4.03. The minimum atomic E-state index is 0.00367. The average molecular weight is 259 g/mol. The van der Waals surface area contributed by atoms with E-state index in [-0.39, 0.29) is 5.91 Å². The number of halogens is 1. The van der Waals surface area contributed by atoms with Gasteiger partial charge in [-0.15, -0.1) is 0 Å². The van der Waals surface area contributed by atoms with Crippen molar-refractivity contribution in [3.63, 3.8) is 0 Å². The Hall–Kier alpha value is -2.00. The predicted molar refractivity (Wildman–Crippen MR) is 73.6 cm³/mol. The van der Waals surface area contributed by atoms with E-state index in [4.69, 9.17) is 17.3 Å². The molecule has 1 heterocycles. The van der Waals surface area contributed by atoms with E-state index in [0.29, 0.717) is 17.1 Å². The van der Waals surface area contributed by atoms with Gasteiger partial charge in [0, 0.05) is 16.3 Å². The first-order chi connectivity index (χ1) is 8.63. The van der Waals surface area contributed by atoms with Crippen LogP contribution in [0, 0.1) is 0 Å². The number of nitrogens with one attached hydrogen (secondary N) is 1. The zero-order chi connectivity index (χ0) is 12.7. The van der Waals surface area contributed by atoms with Crippen LogP contribution in [0.3, 0.4) is 0 Å². The molecular formula is C14H11ClN2O. The summed E-state index contributed by atoms with van der Waals surface area (Å²) in [6, 6.07) is 11.2. The van der Waals surface area contributed by atoms with Gasteiger partial charge in [-0.25, -0.2) is 0 Å². The molecule has 3 N–H and O–H groups in total. The van der Waals surface area contributed by atoms with Gasteiger partial charge in [-0.3, -0.25) is 4.79 Å². The topological polar surface area (TPSA) is 55.1 Å². The molecule has 0 spiro atoms. The fraction of sp³-hybridized carbons (Fsp3) is 0.0714. The van der Waals surface area contributed by atoms with Crippen molar-refractivity contribution in [3.05, 3.63) is 47.0 Å². The third-order valence-electron chi connectivity index (χ3n) is 3.02. The molecule has 0 unspecified atom stereocenters. The number of nitrogens with two attached hydrogens (primary N) is 1. The Bertz CT molecular complexity index is 635. The Morgan fingerprint density at radius 1 is 1.17 bits per heavy atom. The number of amides is 1. The van der Waals surface area contributed by atoms with Crippen LogP contribution in [0.15, 0.2) is 36.4 Å². The van der Waals surface area contributed by atoms with Gasteiger partial charge in [0.05, 0.1) is 12.1 Å². The van der Waals surface area contributed by atoms with E-state index in [1.165, 1.54) is 0 Å². The lowest BCUT2D eigenvalue weighted by atomic mass is 10.0. The summed E-state index contributed by atoms with van der Waals surface area (Å²) < 4.78 is 0. The highest BCUT2D eigenvalue weighted by molar-refractivity contribution is 6.31. The molecule has 2 aromatic carbocycles. The van der Waals surface area contributed by atoms with Crippen molar-refractivity contribution >= 4 is 28.9 Å². The lowest BCUT2D eigenvalue weighted by Gasteiger charge is -2.09. The van der Waals surface area contributed by atoms with Crippen molar-refractivity contribution in [2.45, 2.75) is 6.42 Å². The van der Waals surface area contributed by atoms with Crippen LogP contribution < -0.4 is 11.1 Å². The average Bonchev–Trinajstić information content (AvgIpc) is 2.69. The fourth-order valence-corrected chi connectivity index (χ4v) is 2.44. The van der Waals surface area contributed by atoms with Gasteiger partial charge in [-0.05, 0) is 35.4 Å². The van der Waals surface area contributed by atoms with E-state index < -0.39 is 0 Å². The maximum atomic E-state index is 11.5. The molecule has 1 amide bonds. The standard InChI is InChI=1S/C14H11ClN2O/c15-10-5-9-6-13(18)17-14(9)12(7-10)8-1-3-11(16)4-2-8/h1-5,7H,6,16H2,(H,17,18). The molecule has 1 aliphatic heterocycles. The largest absolute Gasteiger partial charge is 0.399 e. The van der Waals surface area contributed by atoms with Crippen LogP contribution in [0.2, 0.25) is 5.02 Å². The molecule has 2 aromatic rings. The monoisotopic (exact) mass is 258 g/mol. The summed E-state index contributed by atoms with van der Waals surface area (Å²) in [5.41, 5.74) is 10.1. The molecule has 0 fully saturated rings. The third-order valence-corrected chi connectivity index (χ3v) is 3.24. The highest BCUT2D eigenvalue weighted by atomic mass is 35.5. The molecule has 0 saturated carbocycles. The predicted octanol–water partition coefficient (Wildman–Crippen LogP) is 3.08. The zero-order valence-electron chi connectivity index (χ0n) is 9.53. The number of carbonyl (C=O) groups excluding carboxylic acids is 1. The Kier molecular flexibility index (Phi) is 2.49. The van der Waals surface area contributed by atoms with Crippen molar-refractivity contribution in [2.75, 3.05) is 11.1 Å². The second-order valence-corrected chi connectivity index (χ2v) is 4.77. The van der Waals surface area contributed by atoms with E-state index in [1.54, 1.807) is 0 Å². The SMILES string of the molecule is Nc1ccc(-c2cc(Cl)cc3c2NC(=O)C3)cc1. The van der Waals surface area contributed by atoms with E-state index in [9.17, 15) is 4.79 Å². The normalized spacial score (nSPS) is 13.3. The van der Waals surface area contributed by atoms with Gasteiger partial charge in [0.15, 0.2) is 0 Å². The Morgan fingerprint density at radius 2 is 1.89 bits per heavy atom. The van der Waals surface area contributed by atoms with E-state index in [2.05, 4.69) is 5.32 Å². The molecule has 0 aromatic heterocycles. The molecular weight excluding hydrogens is 248 g/mol. The van der Waals surface area contributed by atoms with Crippen LogP contribution in [0.5, 0.6) is 0 Å². The maximum Gasteiger partial charge on any atom is 0.228 e. The smallest absolute Gasteiger partial charge is 0.228 e. The van der Waals surface area contributed by atoms with Crippen molar-refractivity contribution < 1.29 is 4.79 Å². The second-order valence-electron chi connectivity index (χ2n) is 4.33. The molecule has 0 bridgehead atoms. The highest BCUT2D eigenvalue weighted by Crippen LogP contribution is 2.37. The van der Waals surface area contributed by atoms with E-state index in [1.807, 2.05) is 36.4 Å². The maximum absolute atomic E-state index is 11.5. The lowest BCUT2D eigenvalue weighted by Crippen LogP contribution is -2.04. The van der Waals surface area contributed by atoms with E-state index in [0.717, 1.165) is 22.4 Å². The first-order valence-electron chi connectivity index (χ1n) is 5.61. The van der Waals surface area contributed by atoms with Crippen LogP contribution in [0.4, 0.5) is 11.4 Å². The summed E-state index contributed by atoms with van der Waals surface area (Å²) in [7, 11) is 0. The van der Waals surface area contributed by atoms with Gasteiger partial charge in [0.25, 0.3) is 0 Å². The van der Waals surface area contributed by atoms with Gasteiger partial charge < -0.3 is 11.1 Å². The number of fused-ring (bicyclic) bond motifs is 1. The van der Waals surface area contributed by atoms with Crippen LogP contribution in [-0.2, 0) is 11.2 Å². The van der Waals surface area contributed by atoms with Crippen molar-refractivity contribution in [1.82, 2.24) is 0 Å². The first-order valence-corrected chi connectivity index (χ1v) is 5.99. The molecule has 3 nitrogen and oxygen atoms in total. The lowest BCUT2D eigenvalue weighted by molar-refractivity contribution is -0.115. The number of hydrogen-bond acceptors (Lipinski definition) is 2. The van der Waals surface area contributed by atoms with Crippen LogP contribution in [0.1, 0.15) is 5.56 Å². The summed E-state index contributed by atoms with van der Waals surface area (Å²) in [6.07, 6.45) is 0.387. The van der Waals surface area contributed by atoms with Crippen LogP contribution in [0.25, 0.3) is 11.1 Å². The minimum absolute atomic E-state index is 0.00367. The third kappa shape index (κ3) is 1.83. The van der Waals surface area contributed by atoms with Crippen molar-refractivity contribution in [3.8, 4) is 11.1 Å². The molecule has 4 heteroatoms. The van der Waals surface area contributed by atoms with Crippen LogP contribution >= 0.6 is 11.6 Å². The Morgan fingerprint density at radius 3 is 2.61 bits per heavy atom. The molecule has 0 saturated heterocycles. The fourth-order valence-electron chi connectivity index (χ4n) is 2.20. The van der Waals surface area contributed by atoms with Crippen LogP contribution in [-0.4, -0.2) is 5.91 Å². The summed E-state index contributed by atoms with van der Waals surface area (Å²) in [6.45, 7) is 0. The Labute approximate surface area is 110 Å². The van der Waals surface area contributed by atoms with Crippen molar-refractivity contribution in [1.29, 1.82) is 0 Å². The summed E-state index contributed by atoms with van der Waals surface area (Å²) in [5, 5.41) is 3.51. The molecule has 18 heavy (non-hydrogen) atoms. The molecule has 90 valence electrons.